The van der Waals surface area contributed by atoms with Gasteiger partial charge in [0.1, 0.15) is 0 Å². The molecule has 0 aromatic carbocycles. The van der Waals surface area contributed by atoms with Crippen LogP contribution in [0.2, 0.25) is 0 Å². The van der Waals surface area contributed by atoms with Crippen LogP contribution in [0.5, 0.6) is 0 Å². The van der Waals surface area contributed by atoms with Gasteiger partial charge in [0.05, 0.1) is 0 Å². The number of rotatable bonds is 6. The molecule has 16 heavy (non-hydrogen) atoms. The summed E-state index contributed by atoms with van der Waals surface area (Å²) in [5.41, 5.74) is 1.24. The van der Waals surface area contributed by atoms with Gasteiger partial charge < -0.3 is 5.32 Å². The maximum Gasteiger partial charge on any atom is 0.0329 e. The fraction of sp³-hybridized carbons (Fsp3) is 0.583. The van der Waals surface area contributed by atoms with Crippen LogP contribution in [0.4, 0.5) is 0 Å². The number of pyridine rings is 1. The monoisotopic (exact) mass is 240 g/mol. The normalized spacial score (nSPS) is 16.7. The fourth-order valence-electron chi connectivity index (χ4n) is 1.44. The number of nitrogens with zero attached hydrogens (tertiary/aromatic N) is 1. The Labute approximate surface area is 100 Å². The first-order chi connectivity index (χ1) is 7.61. The van der Waals surface area contributed by atoms with E-state index in [4.69, 9.17) is 0 Å². The van der Waals surface area contributed by atoms with E-state index in [1.165, 1.54) is 5.56 Å². The van der Waals surface area contributed by atoms with Gasteiger partial charge in [0, 0.05) is 40.7 Å². The number of hydrogen-bond acceptors (Lipinski definition) is 3. The van der Waals surface area contributed by atoms with Gasteiger partial charge in [0.25, 0.3) is 0 Å². The maximum atomic E-state index is 11.2. The zero-order valence-electron chi connectivity index (χ0n) is 10.1. The molecular weight excluding hydrogens is 220 g/mol. The highest BCUT2D eigenvalue weighted by Crippen LogP contribution is 2.10. The van der Waals surface area contributed by atoms with Crippen LogP contribution in [0.3, 0.4) is 0 Å². The van der Waals surface area contributed by atoms with Crippen molar-refractivity contribution in [3.05, 3.63) is 30.1 Å². The molecule has 0 bridgehead atoms. The molecule has 3 nitrogen and oxygen atoms in total. The summed E-state index contributed by atoms with van der Waals surface area (Å²) in [4.78, 5) is 3.99. The molecule has 1 aromatic rings. The molecule has 0 saturated heterocycles. The standard InChI is InChI=1S/C12H20N2OS/c1-10(16(3)15)4-9-14-11(2)12-5-7-13-8-6-12/h5-8,10-11,14H,4,9H2,1-3H3. The van der Waals surface area contributed by atoms with E-state index in [0.717, 1.165) is 13.0 Å². The van der Waals surface area contributed by atoms with Gasteiger partial charge in [-0.25, -0.2) is 0 Å². The van der Waals surface area contributed by atoms with Crippen molar-refractivity contribution in [2.24, 2.45) is 0 Å². The quantitative estimate of drug-likeness (QED) is 0.825. The molecule has 4 heteroatoms. The van der Waals surface area contributed by atoms with Gasteiger partial charge in [0.2, 0.25) is 0 Å². The van der Waals surface area contributed by atoms with Crippen molar-refractivity contribution >= 4 is 10.8 Å². The molecule has 0 aliphatic heterocycles. The lowest BCUT2D eigenvalue weighted by molar-refractivity contribution is 0.553. The zero-order chi connectivity index (χ0) is 12.0. The second kappa shape index (κ2) is 6.76. The topological polar surface area (TPSA) is 42.0 Å². The molecule has 90 valence electrons. The second-order valence-corrected chi connectivity index (χ2v) is 5.86. The summed E-state index contributed by atoms with van der Waals surface area (Å²) in [6.07, 6.45) is 6.31. The lowest BCUT2D eigenvalue weighted by Crippen LogP contribution is -2.24. The second-order valence-electron chi connectivity index (χ2n) is 4.05. The van der Waals surface area contributed by atoms with E-state index in [1.807, 2.05) is 19.1 Å². The molecule has 1 aromatic heterocycles. The first kappa shape index (κ1) is 13.3. The van der Waals surface area contributed by atoms with E-state index in [1.54, 1.807) is 18.6 Å². The zero-order valence-corrected chi connectivity index (χ0v) is 11.0. The predicted molar refractivity (Wildman–Crippen MR) is 68.8 cm³/mol. The average Bonchev–Trinajstić information content (AvgIpc) is 2.29. The van der Waals surface area contributed by atoms with Crippen LogP contribution in [0, 0.1) is 0 Å². The lowest BCUT2D eigenvalue weighted by atomic mass is 10.1. The van der Waals surface area contributed by atoms with Crippen LogP contribution in [-0.2, 0) is 10.8 Å². The van der Waals surface area contributed by atoms with Crippen LogP contribution < -0.4 is 5.32 Å². The summed E-state index contributed by atoms with van der Waals surface area (Å²) in [5.74, 6) is 0. The molecule has 3 unspecified atom stereocenters. The van der Waals surface area contributed by atoms with E-state index in [0.29, 0.717) is 6.04 Å². The molecule has 0 spiro atoms. The molecule has 3 atom stereocenters. The van der Waals surface area contributed by atoms with Crippen molar-refractivity contribution in [1.29, 1.82) is 0 Å². The van der Waals surface area contributed by atoms with Gasteiger partial charge in [-0.05, 0) is 37.6 Å². The third-order valence-electron chi connectivity index (χ3n) is 2.77. The molecule has 0 radical (unpaired) electrons. The highest BCUT2D eigenvalue weighted by molar-refractivity contribution is 7.84. The first-order valence-electron chi connectivity index (χ1n) is 5.56. The third-order valence-corrected chi connectivity index (χ3v) is 4.14. The van der Waals surface area contributed by atoms with Gasteiger partial charge in [-0.15, -0.1) is 0 Å². The van der Waals surface area contributed by atoms with Crippen molar-refractivity contribution in [1.82, 2.24) is 10.3 Å². The SMILES string of the molecule is CC(NCCC(C)S(C)=O)c1ccncc1. The summed E-state index contributed by atoms with van der Waals surface area (Å²) in [5, 5.41) is 3.68. The summed E-state index contributed by atoms with van der Waals surface area (Å²) in [6.45, 7) is 5.04. The summed E-state index contributed by atoms with van der Waals surface area (Å²) in [6, 6.07) is 4.35. The van der Waals surface area contributed by atoms with Crippen molar-refractivity contribution in [3.8, 4) is 0 Å². The van der Waals surface area contributed by atoms with Crippen molar-refractivity contribution < 1.29 is 4.21 Å². The number of aromatic nitrogens is 1. The summed E-state index contributed by atoms with van der Waals surface area (Å²) < 4.78 is 11.2. The average molecular weight is 240 g/mol. The molecular formula is C12H20N2OS. The van der Waals surface area contributed by atoms with Crippen molar-refractivity contribution in [2.45, 2.75) is 31.6 Å². The van der Waals surface area contributed by atoms with Gasteiger partial charge in [0.15, 0.2) is 0 Å². The van der Waals surface area contributed by atoms with Gasteiger partial charge in [-0.2, -0.15) is 0 Å². The Morgan fingerprint density at radius 3 is 2.56 bits per heavy atom. The van der Waals surface area contributed by atoms with E-state index < -0.39 is 10.8 Å². The van der Waals surface area contributed by atoms with Crippen LogP contribution in [0.25, 0.3) is 0 Å². The van der Waals surface area contributed by atoms with E-state index in [9.17, 15) is 4.21 Å². The molecule has 1 rings (SSSR count). The Morgan fingerprint density at radius 2 is 2.00 bits per heavy atom. The van der Waals surface area contributed by atoms with Gasteiger partial charge >= 0.3 is 0 Å². The van der Waals surface area contributed by atoms with E-state index in [-0.39, 0.29) is 5.25 Å². The van der Waals surface area contributed by atoms with Crippen LogP contribution >= 0.6 is 0 Å². The lowest BCUT2D eigenvalue weighted by Gasteiger charge is -2.15. The molecule has 0 aliphatic rings. The van der Waals surface area contributed by atoms with Crippen molar-refractivity contribution in [2.75, 3.05) is 12.8 Å². The molecule has 0 fully saturated rings. The summed E-state index contributed by atoms with van der Waals surface area (Å²) in [7, 11) is -0.720. The Bertz CT molecular complexity index is 329. The molecule has 0 aliphatic carbocycles. The first-order valence-corrected chi connectivity index (χ1v) is 7.19. The Hall–Kier alpha value is -0.740. The Kier molecular flexibility index (Phi) is 5.63. The molecule has 1 N–H and O–H groups in total. The number of nitrogens with one attached hydrogen (secondary N) is 1. The largest absolute Gasteiger partial charge is 0.310 e. The third kappa shape index (κ3) is 4.41. The summed E-state index contributed by atoms with van der Waals surface area (Å²) >= 11 is 0. The highest BCUT2D eigenvalue weighted by atomic mass is 32.2. The van der Waals surface area contributed by atoms with Gasteiger partial charge in [-0.1, -0.05) is 6.92 Å². The Morgan fingerprint density at radius 1 is 1.38 bits per heavy atom. The maximum absolute atomic E-state index is 11.2. The number of hydrogen-bond donors (Lipinski definition) is 1. The minimum absolute atomic E-state index is 0.261. The fourth-order valence-corrected chi connectivity index (χ4v) is 1.89. The molecule has 0 amide bonds. The van der Waals surface area contributed by atoms with Crippen LogP contribution in [0.1, 0.15) is 31.9 Å². The molecule has 0 saturated carbocycles. The minimum Gasteiger partial charge on any atom is -0.310 e. The van der Waals surface area contributed by atoms with Crippen molar-refractivity contribution in [3.63, 3.8) is 0 Å². The minimum atomic E-state index is -0.720. The van der Waals surface area contributed by atoms with E-state index >= 15 is 0 Å². The molecule has 1 heterocycles. The Balaban J connectivity index is 2.31. The van der Waals surface area contributed by atoms with E-state index in [2.05, 4.69) is 17.2 Å². The smallest absolute Gasteiger partial charge is 0.0329 e. The predicted octanol–water partition coefficient (Wildman–Crippen LogP) is 1.89. The van der Waals surface area contributed by atoms with Gasteiger partial charge in [-0.3, -0.25) is 9.19 Å². The van der Waals surface area contributed by atoms with Crippen LogP contribution in [-0.4, -0.2) is 27.2 Å². The highest BCUT2D eigenvalue weighted by Gasteiger charge is 2.07. The van der Waals surface area contributed by atoms with Crippen LogP contribution in [0.15, 0.2) is 24.5 Å².